The number of hydrogen-bond acceptors (Lipinski definition) is 7. The molecule has 1 aliphatic heterocycles. The predicted octanol–water partition coefficient (Wildman–Crippen LogP) is 4.57. The minimum Gasteiger partial charge on any atom is -0.465 e. The smallest absolute Gasteiger partial charge is 0.319 e. The van der Waals surface area contributed by atoms with Crippen molar-refractivity contribution in [3.8, 4) is 22.7 Å². The Morgan fingerprint density at radius 2 is 1.95 bits per heavy atom. The zero-order chi connectivity index (χ0) is 26.8. The summed E-state index contributed by atoms with van der Waals surface area (Å²) < 4.78 is 12.8. The Bertz CT molecular complexity index is 1610. The van der Waals surface area contributed by atoms with Crippen LogP contribution in [-0.4, -0.2) is 63.7 Å². The molecule has 0 saturated carbocycles. The summed E-state index contributed by atoms with van der Waals surface area (Å²) in [6.07, 6.45) is 3.56. The molecule has 0 unspecified atom stereocenters. The third-order valence-corrected chi connectivity index (χ3v) is 7.02. The lowest BCUT2D eigenvalue weighted by molar-refractivity contribution is -0.142. The molecule has 4 heterocycles. The number of ether oxygens (including phenoxy) is 1. The van der Waals surface area contributed by atoms with Crippen molar-refractivity contribution in [2.45, 2.75) is 25.8 Å². The Kier molecular flexibility index (Phi) is 6.81. The van der Waals surface area contributed by atoms with Gasteiger partial charge in [-0.15, -0.1) is 0 Å². The summed E-state index contributed by atoms with van der Waals surface area (Å²) in [5.41, 5.74) is 4.58. The van der Waals surface area contributed by atoms with Crippen LogP contribution in [0.25, 0.3) is 39.3 Å². The fraction of sp³-hybridized carbons (Fsp3) is 0.267. The third-order valence-electron chi connectivity index (χ3n) is 7.02. The van der Waals surface area contributed by atoms with E-state index in [9.17, 15) is 9.59 Å². The van der Waals surface area contributed by atoms with E-state index in [-0.39, 0.29) is 24.5 Å². The van der Waals surface area contributed by atoms with E-state index < -0.39 is 0 Å². The molecule has 1 saturated heterocycles. The Labute approximate surface area is 225 Å². The lowest BCUT2D eigenvalue weighted by Gasteiger charge is -2.33. The number of piperidine rings is 1. The molecule has 2 aromatic carbocycles. The van der Waals surface area contributed by atoms with Crippen molar-refractivity contribution in [1.29, 1.82) is 0 Å². The first-order valence-electron chi connectivity index (χ1n) is 13.2. The van der Waals surface area contributed by atoms with Crippen molar-refractivity contribution < 1.29 is 18.7 Å². The average Bonchev–Trinajstić information content (AvgIpc) is 3.60. The summed E-state index contributed by atoms with van der Waals surface area (Å²) in [5, 5.41) is 9.07. The van der Waals surface area contributed by atoms with Crippen molar-refractivity contribution in [1.82, 2.24) is 24.8 Å². The molecule has 5 aromatic rings. The number of imidazole rings is 1. The predicted molar refractivity (Wildman–Crippen MR) is 147 cm³/mol. The number of nitrogens with zero attached hydrogens (tertiary/aromatic N) is 4. The number of amides is 1. The van der Waals surface area contributed by atoms with Crippen LogP contribution in [0.1, 0.15) is 30.1 Å². The van der Waals surface area contributed by atoms with Crippen LogP contribution in [0.3, 0.4) is 0 Å². The van der Waals surface area contributed by atoms with Crippen molar-refractivity contribution in [2.24, 2.45) is 0 Å². The van der Waals surface area contributed by atoms with Gasteiger partial charge in [0, 0.05) is 35.6 Å². The number of fused-ring (bicyclic) bond motifs is 2. The van der Waals surface area contributed by atoms with Crippen molar-refractivity contribution in [3.05, 3.63) is 78.5 Å². The van der Waals surface area contributed by atoms with Crippen molar-refractivity contribution >= 4 is 28.5 Å². The lowest BCUT2D eigenvalue weighted by atomic mass is 10.0. The van der Waals surface area contributed by atoms with Crippen LogP contribution in [0, 0.1) is 0 Å². The summed E-state index contributed by atoms with van der Waals surface area (Å²) in [5.74, 6) is 0.406. The molecule has 3 aromatic heterocycles. The van der Waals surface area contributed by atoms with E-state index in [4.69, 9.17) is 14.3 Å². The van der Waals surface area contributed by atoms with Crippen LogP contribution in [-0.2, 0) is 9.53 Å². The van der Waals surface area contributed by atoms with Crippen LogP contribution in [0.4, 0.5) is 0 Å². The summed E-state index contributed by atoms with van der Waals surface area (Å²) >= 11 is 0. The molecule has 198 valence electrons. The van der Waals surface area contributed by atoms with Gasteiger partial charge in [0.2, 0.25) is 0 Å². The average molecular weight is 524 g/mol. The highest BCUT2D eigenvalue weighted by Crippen LogP contribution is 2.29. The molecular weight excluding hydrogens is 494 g/mol. The number of benzene rings is 2. The molecule has 1 amide bonds. The summed E-state index contributed by atoms with van der Waals surface area (Å²) in [6.45, 7) is 3.56. The van der Waals surface area contributed by atoms with Gasteiger partial charge < -0.3 is 19.4 Å². The van der Waals surface area contributed by atoms with Crippen molar-refractivity contribution in [3.63, 3.8) is 0 Å². The number of rotatable bonds is 7. The maximum absolute atomic E-state index is 13.2. The minimum absolute atomic E-state index is 0.0191. The summed E-state index contributed by atoms with van der Waals surface area (Å²) in [4.78, 5) is 31.2. The molecule has 6 rings (SSSR count). The SMILES string of the molecule is CCOC(=O)CN[C@H]1CCCN(C(=O)c2ccc(-c3ccc4ncc(-c5cc6ccccc6o5)n4n3)cc2)C1. The van der Waals surface area contributed by atoms with Crippen LogP contribution >= 0.6 is 0 Å². The molecule has 0 bridgehead atoms. The van der Waals surface area contributed by atoms with Gasteiger partial charge in [0.05, 0.1) is 25.0 Å². The number of hydrogen-bond donors (Lipinski definition) is 1. The monoisotopic (exact) mass is 523 g/mol. The van der Waals surface area contributed by atoms with Crippen LogP contribution in [0.15, 0.2) is 77.3 Å². The van der Waals surface area contributed by atoms with Gasteiger partial charge in [-0.2, -0.15) is 5.10 Å². The number of nitrogens with one attached hydrogen (secondary N) is 1. The van der Waals surface area contributed by atoms with E-state index in [1.165, 1.54) is 0 Å². The topological polar surface area (TPSA) is 102 Å². The lowest BCUT2D eigenvalue weighted by Crippen LogP contribution is -2.49. The van der Waals surface area contributed by atoms with Gasteiger partial charge in [0.15, 0.2) is 11.4 Å². The maximum atomic E-state index is 13.2. The summed E-state index contributed by atoms with van der Waals surface area (Å²) in [7, 11) is 0. The number of furan rings is 1. The first-order valence-corrected chi connectivity index (χ1v) is 13.2. The number of aromatic nitrogens is 3. The van der Waals surface area contributed by atoms with Gasteiger partial charge in [-0.1, -0.05) is 30.3 Å². The van der Waals surface area contributed by atoms with E-state index in [1.54, 1.807) is 17.6 Å². The van der Waals surface area contributed by atoms with E-state index >= 15 is 0 Å². The van der Waals surface area contributed by atoms with E-state index in [1.807, 2.05) is 71.6 Å². The molecule has 39 heavy (non-hydrogen) atoms. The maximum Gasteiger partial charge on any atom is 0.319 e. The highest BCUT2D eigenvalue weighted by Gasteiger charge is 2.25. The Balaban J connectivity index is 1.18. The van der Waals surface area contributed by atoms with E-state index in [2.05, 4.69) is 10.3 Å². The largest absolute Gasteiger partial charge is 0.465 e. The highest BCUT2D eigenvalue weighted by molar-refractivity contribution is 5.94. The Morgan fingerprint density at radius 1 is 1.10 bits per heavy atom. The van der Waals surface area contributed by atoms with Crippen LogP contribution in [0.2, 0.25) is 0 Å². The standard InChI is InChI=1S/C30H29N5O4/c1-2-38-29(36)18-31-23-7-5-15-34(19-23)30(37)21-11-9-20(10-12-21)24-13-14-28-32-17-25(35(28)33-24)27-16-22-6-3-4-8-26(22)39-27/h3-4,6,8-14,16-17,23,31H,2,5,7,15,18-19H2,1H3/t23-/m0/s1. The molecule has 1 fully saturated rings. The second-order valence-electron chi connectivity index (χ2n) is 9.63. The Hall–Kier alpha value is -4.50. The van der Waals surface area contributed by atoms with Gasteiger partial charge in [-0.05, 0) is 56.2 Å². The van der Waals surface area contributed by atoms with E-state index in [0.29, 0.717) is 31.0 Å². The Morgan fingerprint density at radius 3 is 2.77 bits per heavy atom. The third kappa shape index (κ3) is 5.13. The first kappa shape index (κ1) is 24.8. The van der Waals surface area contributed by atoms with Gasteiger partial charge >= 0.3 is 5.97 Å². The quantitative estimate of drug-likeness (QED) is 0.312. The second kappa shape index (κ2) is 10.7. The molecule has 1 aliphatic rings. The number of carbonyl (C=O) groups is 2. The molecule has 0 radical (unpaired) electrons. The van der Waals surface area contributed by atoms with Gasteiger partial charge in [0.25, 0.3) is 5.91 Å². The zero-order valence-corrected chi connectivity index (χ0v) is 21.7. The molecule has 0 aliphatic carbocycles. The minimum atomic E-state index is -0.274. The molecule has 9 heteroatoms. The molecule has 1 N–H and O–H groups in total. The fourth-order valence-corrected chi connectivity index (χ4v) is 5.04. The van der Waals surface area contributed by atoms with E-state index in [0.717, 1.165) is 46.4 Å². The van der Waals surface area contributed by atoms with Gasteiger partial charge in [-0.3, -0.25) is 9.59 Å². The highest BCUT2D eigenvalue weighted by atomic mass is 16.5. The fourth-order valence-electron chi connectivity index (χ4n) is 5.04. The first-order chi connectivity index (χ1) is 19.1. The second-order valence-corrected chi connectivity index (χ2v) is 9.63. The van der Waals surface area contributed by atoms with Crippen molar-refractivity contribution in [2.75, 3.05) is 26.2 Å². The van der Waals surface area contributed by atoms with Gasteiger partial charge in [0.1, 0.15) is 11.3 Å². The number of carbonyl (C=O) groups excluding carboxylic acids is 2. The zero-order valence-electron chi connectivity index (χ0n) is 21.7. The van der Waals surface area contributed by atoms with Gasteiger partial charge in [-0.25, -0.2) is 9.50 Å². The molecular formula is C30H29N5O4. The molecule has 0 spiro atoms. The summed E-state index contributed by atoms with van der Waals surface area (Å²) in [6, 6.07) is 21.3. The van der Waals surface area contributed by atoms with Crippen LogP contribution in [0.5, 0.6) is 0 Å². The normalized spacial score (nSPS) is 15.6. The number of likely N-dealkylation sites (tertiary alicyclic amines) is 1. The molecule has 9 nitrogen and oxygen atoms in total. The number of para-hydroxylation sites is 1. The number of esters is 1. The molecule has 1 atom stereocenters. The van der Waals surface area contributed by atoms with Crippen LogP contribution < -0.4 is 5.32 Å².